The van der Waals surface area contributed by atoms with Gasteiger partial charge in [0.25, 0.3) is 0 Å². The number of hydrogen-bond donors (Lipinski definition) is 4. The number of benzene rings is 1. The first-order chi connectivity index (χ1) is 14.4. The number of imidazole rings is 1. The van der Waals surface area contributed by atoms with Crippen LogP contribution >= 0.6 is 0 Å². The summed E-state index contributed by atoms with van der Waals surface area (Å²) in [6.45, 7) is 2.10. The van der Waals surface area contributed by atoms with E-state index < -0.39 is 10.0 Å². The van der Waals surface area contributed by atoms with Gasteiger partial charge in [0, 0.05) is 42.8 Å². The van der Waals surface area contributed by atoms with Crippen molar-refractivity contribution < 1.29 is 8.42 Å². The summed E-state index contributed by atoms with van der Waals surface area (Å²) in [4.78, 5) is 4.61. The van der Waals surface area contributed by atoms with Crippen LogP contribution in [0.15, 0.2) is 47.6 Å². The lowest BCUT2D eigenvalue weighted by Gasteiger charge is -2.27. The largest absolute Gasteiger partial charge is 0.366 e. The molecule has 0 spiro atoms. The van der Waals surface area contributed by atoms with Gasteiger partial charge in [-0.05, 0) is 49.9 Å². The number of fused-ring (bicyclic) bond motifs is 1. The Morgan fingerprint density at radius 1 is 1.17 bits per heavy atom. The minimum atomic E-state index is -3.48. The van der Waals surface area contributed by atoms with E-state index in [1.165, 1.54) is 0 Å². The van der Waals surface area contributed by atoms with Crippen molar-refractivity contribution in [1.82, 2.24) is 19.3 Å². The smallest absolute Gasteiger partial charge is 0.240 e. The Hall–Kier alpha value is -2.69. The molecule has 4 rings (SSSR count). The van der Waals surface area contributed by atoms with Gasteiger partial charge in [-0.1, -0.05) is 6.92 Å². The lowest BCUT2D eigenvalue weighted by atomic mass is 9.92. The molecule has 0 radical (unpaired) electrons. The van der Waals surface area contributed by atoms with E-state index in [0.29, 0.717) is 24.3 Å². The molecule has 160 valence electrons. The van der Waals surface area contributed by atoms with Crippen LogP contribution in [0.2, 0.25) is 0 Å². The fourth-order valence-corrected chi connectivity index (χ4v) is 4.74. The fourth-order valence-electron chi connectivity index (χ4n) is 3.70. The van der Waals surface area contributed by atoms with Crippen molar-refractivity contribution in [2.75, 3.05) is 17.2 Å². The van der Waals surface area contributed by atoms with Gasteiger partial charge >= 0.3 is 0 Å². The Labute approximate surface area is 176 Å². The maximum absolute atomic E-state index is 12.1. The van der Waals surface area contributed by atoms with Crippen LogP contribution in [0.3, 0.4) is 0 Å². The number of anilines is 3. The van der Waals surface area contributed by atoms with Gasteiger partial charge in [0.05, 0.1) is 10.6 Å². The summed E-state index contributed by atoms with van der Waals surface area (Å²) < 4.78 is 28.5. The van der Waals surface area contributed by atoms with Crippen molar-refractivity contribution >= 4 is 32.9 Å². The molecule has 1 aliphatic rings. The van der Waals surface area contributed by atoms with Crippen LogP contribution in [-0.4, -0.2) is 41.6 Å². The number of hydrogen-bond acceptors (Lipinski definition) is 7. The highest BCUT2D eigenvalue weighted by Gasteiger charge is 2.19. The van der Waals surface area contributed by atoms with Crippen LogP contribution in [0.25, 0.3) is 5.65 Å². The molecule has 0 amide bonds. The Balaban J connectivity index is 1.55. The van der Waals surface area contributed by atoms with Crippen LogP contribution in [0.4, 0.5) is 17.2 Å². The third-order valence-electron chi connectivity index (χ3n) is 5.26. The van der Waals surface area contributed by atoms with Crippen molar-refractivity contribution in [2.45, 2.75) is 49.6 Å². The van der Waals surface area contributed by atoms with Gasteiger partial charge < -0.3 is 16.4 Å². The fraction of sp³-hybridized carbons (Fsp3) is 0.400. The minimum absolute atomic E-state index is 0.230. The Kier molecular flexibility index (Phi) is 5.89. The molecule has 0 aliphatic heterocycles. The molecule has 0 saturated heterocycles. The maximum atomic E-state index is 12.1. The van der Waals surface area contributed by atoms with Gasteiger partial charge in [0.15, 0.2) is 5.65 Å². The normalized spacial score (nSPS) is 19.7. The second kappa shape index (κ2) is 8.58. The Morgan fingerprint density at radius 2 is 1.90 bits per heavy atom. The zero-order chi connectivity index (χ0) is 21.1. The number of nitrogens with zero attached hydrogens (tertiary/aromatic N) is 3. The average molecular weight is 430 g/mol. The number of sulfonamides is 1. The van der Waals surface area contributed by atoms with E-state index in [9.17, 15) is 8.42 Å². The Bertz CT molecular complexity index is 1100. The van der Waals surface area contributed by atoms with Gasteiger partial charge in [-0.15, -0.1) is 5.10 Å². The monoisotopic (exact) mass is 429 g/mol. The molecule has 3 aromatic rings. The summed E-state index contributed by atoms with van der Waals surface area (Å²) in [5, 5.41) is 11.4. The average Bonchev–Trinajstić information content (AvgIpc) is 3.19. The number of nitrogens with two attached hydrogens (primary N) is 1. The zero-order valence-corrected chi connectivity index (χ0v) is 17.7. The van der Waals surface area contributed by atoms with Crippen LogP contribution in [-0.2, 0) is 10.0 Å². The van der Waals surface area contributed by atoms with E-state index in [-0.39, 0.29) is 4.90 Å². The molecule has 2 aromatic heterocycles. The predicted molar refractivity (Wildman–Crippen MR) is 117 cm³/mol. The third-order valence-corrected chi connectivity index (χ3v) is 6.82. The molecule has 1 aliphatic carbocycles. The van der Waals surface area contributed by atoms with Crippen LogP contribution in [0, 0.1) is 0 Å². The minimum Gasteiger partial charge on any atom is -0.366 e. The lowest BCUT2D eigenvalue weighted by molar-refractivity contribution is 0.410. The summed E-state index contributed by atoms with van der Waals surface area (Å²) in [5.41, 5.74) is 8.24. The second-order valence-corrected chi connectivity index (χ2v) is 9.31. The first kappa shape index (κ1) is 20.6. The topological polar surface area (TPSA) is 126 Å². The molecular weight excluding hydrogens is 402 g/mol. The zero-order valence-electron chi connectivity index (χ0n) is 16.9. The molecule has 2 heterocycles. The van der Waals surface area contributed by atoms with E-state index in [2.05, 4.69) is 25.4 Å². The van der Waals surface area contributed by atoms with Crippen molar-refractivity contribution in [3.8, 4) is 0 Å². The molecule has 1 fully saturated rings. The molecule has 0 atom stereocenters. The van der Waals surface area contributed by atoms with Gasteiger partial charge in [-0.3, -0.25) is 0 Å². The first-order valence-electron chi connectivity index (χ1n) is 10.2. The van der Waals surface area contributed by atoms with Gasteiger partial charge in [-0.2, -0.15) is 0 Å². The summed E-state index contributed by atoms with van der Waals surface area (Å²) in [6.07, 6.45) is 7.57. The van der Waals surface area contributed by atoms with Crippen molar-refractivity contribution in [2.24, 2.45) is 5.73 Å². The standard InChI is InChI=1S/C20H27N7O2S/c1-2-23-30(28,29)17-9-7-15(8-10-17)24-18-13-19(26-27-12-11-22-20(18)27)25-16-5-3-14(21)4-6-16/h7-14,16,23-24H,2-6,21H2,1H3,(H,25,26)/t14-,16-. The molecule has 0 unspecified atom stereocenters. The highest BCUT2D eigenvalue weighted by molar-refractivity contribution is 7.89. The van der Waals surface area contributed by atoms with Crippen molar-refractivity contribution in [1.29, 1.82) is 0 Å². The van der Waals surface area contributed by atoms with Gasteiger partial charge in [-0.25, -0.2) is 22.6 Å². The summed E-state index contributed by atoms with van der Waals surface area (Å²) in [6, 6.07) is 9.20. The first-order valence-corrected chi connectivity index (χ1v) is 11.7. The molecule has 30 heavy (non-hydrogen) atoms. The van der Waals surface area contributed by atoms with E-state index in [0.717, 1.165) is 42.9 Å². The highest BCUT2D eigenvalue weighted by Crippen LogP contribution is 2.26. The van der Waals surface area contributed by atoms with E-state index in [1.54, 1.807) is 48.1 Å². The summed E-state index contributed by atoms with van der Waals surface area (Å²) in [5.74, 6) is 0.759. The lowest BCUT2D eigenvalue weighted by Crippen LogP contribution is -2.33. The van der Waals surface area contributed by atoms with Crippen LogP contribution in [0.1, 0.15) is 32.6 Å². The van der Waals surface area contributed by atoms with Crippen LogP contribution < -0.4 is 21.1 Å². The molecule has 9 nitrogen and oxygen atoms in total. The molecule has 0 bridgehead atoms. The number of aromatic nitrogens is 3. The third kappa shape index (κ3) is 4.55. The van der Waals surface area contributed by atoms with Crippen molar-refractivity contribution in [3.05, 3.63) is 42.7 Å². The number of nitrogens with one attached hydrogen (secondary N) is 3. The molecular formula is C20H27N7O2S. The SMILES string of the molecule is CCNS(=O)(=O)c1ccc(Nc2cc(N[C@H]3CC[C@H](N)CC3)nn3ccnc23)cc1. The molecule has 5 N–H and O–H groups in total. The van der Waals surface area contributed by atoms with E-state index in [1.807, 2.05) is 6.07 Å². The summed E-state index contributed by atoms with van der Waals surface area (Å²) >= 11 is 0. The Morgan fingerprint density at radius 3 is 2.60 bits per heavy atom. The van der Waals surface area contributed by atoms with E-state index >= 15 is 0 Å². The van der Waals surface area contributed by atoms with Crippen LogP contribution in [0.5, 0.6) is 0 Å². The second-order valence-electron chi connectivity index (χ2n) is 7.55. The number of rotatable bonds is 7. The van der Waals surface area contributed by atoms with Crippen molar-refractivity contribution in [3.63, 3.8) is 0 Å². The van der Waals surface area contributed by atoms with E-state index in [4.69, 9.17) is 5.73 Å². The molecule has 10 heteroatoms. The predicted octanol–water partition coefficient (Wildman–Crippen LogP) is 2.45. The summed E-state index contributed by atoms with van der Waals surface area (Å²) in [7, 11) is -3.48. The molecule has 1 aromatic carbocycles. The highest BCUT2D eigenvalue weighted by atomic mass is 32.2. The maximum Gasteiger partial charge on any atom is 0.240 e. The van der Waals surface area contributed by atoms with Gasteiger partial charge in [0.2, 0.25) is 10.0 Å². The molecule has 1 saturated carbocycles. The van der Waals surface area contributed by atoms with Gasteiger partial charge in [0.1, 0.15) is 5.82 Å². The quantitative estimate of drug-likeness (QED) is 0.454.